The molecule has 0 unspecified atom stereocenters. The van der Waals surface area contributed by atoms with E-state index in [2.05, 4.69) is 12.2 Å². The van der Waals surface area contributed by atoms with Crippen molar-refractivity contribution in [3.8, 4) is 0 Å². The summed E-state index contributed by atoms with van der Waals surface area (Å²) in [4.78, 5) is 24.0. The molecule has 5 heteroatoms. The summed E-state index contributed by atoms with van der Waals surface area (Å²) >= 11 is 0. The first kappa shape index (κ1) is 14.4. The highest BCUT2D eigenvalue weighted by atomic mass is 16.4. The molecular weight excluding hydrogens is 256 g/mol. The zero-order chi connectivity index (χ0) is 14.5. The Morgan fingerprint density at radius 2 is 1.95 bits per heavy atom. The number of unbranched alkanes of at least 4 members (excludes halogenated alkanes) is 1. The smallest absolute Gasteiger partial charge is 0.321 e. The van der Waals surface area contributed by atoms with E-state index < -0.39 is 11.9 Å². The second-order valence-electron chi connectivity index (χ2n) is 5.17. The summed E-state index contributed by atoms with van der Waals surface area (Å²) in [5.41, 5.74) is 2.01. The molecule has 2 N–H and O–H groups in total. The maximum Gasteiger partial charge on any atom is 0.321 e. The summed E-state index contributed by atoms with van der Waals surface area (Å²) in [7, 11) is 0. The third-order valence-electron chi connectivity index (χ3n) is 3.54. The fraction of sp³-hybridized carbons (Fsp3) is 0.467. The molecule has 2 rings (SSSR count). The molecule has 1 fully saturated rings. The molecule has 1 aromatic rings. The van der Waals surface area contributed by atoms with Crippen LogP contribution < -0.4 is 5.32 Å². The summed E-state index contributed by atoms with van der Waals surface area (Å²) in [5, 5.41) is 11.5. The number of benzene rings is 1. The molecule has 2 amide bonds. The summed E-state index contributed by atoms with van der Waals surface area (Å²) in [5.74, 6) is -1.26. The Labute approximate surface area is 118 Å². The molecule has 1 aromatic carbocycles. The van der Waals surface area contributed by atoms with Gasteiger partial charge >= 0.3 is 12.0 Å². The van der Waals surface area contributed by atoms with Gasteiger partial charge in [-0.1, -0.05) is 25.5 Å². The van der Waals surface area contributed by atoms with Crippen LogP contribution in [0.1, 0.15) is 25.3 Å². The highest BCUT2D eigenvalue weighted by molar-refractivity contribution is 5.91. The van der Waals surface area contributed by atoms with Crippen LogP contribution in [0.15, 0.2) is 24.3 Å². The molecule has 1 aliphatic heterocycles. The Morgan fingerprint density at radius 3 is 2.50 bits per heavy atom. The lowest BCUT2D eigenvalue weighted by Gasteiger charge is -2.36. The van der Waals surface area contributed by atoms with Crippen molar-refractivity contribution in [2.45, 2.75) is 26.2 Å². The topological polar surface area (TPSA) is 69.6 Å². The monoisotopic (exact) mass is 276 g/mol. The maximum atomic E-state index is 11.8. The normalized spacial score (nSPS) is 14.8. The highest BCUT2D eigenvalue weighted by Gasteiger charge is 2.35. The minimum absolute atomic E-state index is 0.233. The van der Waals surface area contributed by atoms with Crippen molar-refractivity contribution in [2.24, 2.45) is 5.92 Å². The number of nitrogens with one attached hydrogen (secondary N) is 1. The number of anilines is 1. The number of rotatable bonds is 5. The number of carboxylic acids is 1. The quantitative estimate of drug-likeness (QED) is 0.868. The van der Waals surface area contributed by atoms with E-state index in [-0.39, 0.29) is 19.1 Å². The van der Waals surface area contributed by atoms with Gasteiger partial charge in [-0.15, -0.1) is 0 Å². The summed E-state index contributed by atoms with van der Waals surface area (Å²) in [6.07, 6.45) is 3.38. The molecule has 0 radical (unpaired) electrons. The Bertz CT molecular complexity index is 478. The predicted octanol–water partition coefficient (Wildman–Crippen LogP) is 2.58. The van der Waals surface area contributed by atoms with Crippen LogP contribution in [0.2, 0.25) is 0 Å². The van der Waals surface area contributed by atoms with E-state index in [0.29, 0.717) is 0 Å². The largest absolute Gasteiger partial charge is 0.481 e. The fourth-order valence-electron chi connectivity index (χ4n) is 2.14. The van der Waals surface area contributed by atoms with Crippen LogP contribution in [0.3, 0.4) is 0 Å². The second kappa shape index (κ2) is 6.41. The summed E-state index contributed by atoms with van der Waals surface area (Å²) < 4.78 is 0. The molecule has 1 heterocycles. The number of aryl methyl sites for hydroxylation is 1. The van der Waals surface area contributed by atoms with Gasteiger partial charge in [0.15, 0.2) is 0 Å². The Morgan fingerprint density at radius 1 is 1.30 bits per heavy atom. The van der Waals surface area contributed by atoms with Crippen LogP contribution in [-0.4, -0.2) is 35.1 Å². The number of aliphatic carboxylic acids is 1. The number of carboxylic acid groups (broad SMARTS) is 1. The van der Waals surface area contributed by atoms with Crippen molar-refractivity contribution in [3.63, 3.8) is 0 Å². The zero-order valence-corrected chi connectivity index (χ0v) is 11.6. The summed E-state index contributed by atoms with van der Waals surface area (Å²) in [6, 6.07) is 7.57. The molecule has 108 valence electrons. The first-order chi connectivity index (χ1) is 9.60. The van der Waals surface area contributed by atoms with Crippen LogP contribution in [0.25, 0.3) is 0 Å². The Balaban J connectivity index is 1.81. The third kappa shape index (κ3) is 3.50. The number of nitrogens with zero attached hydrogens (tertiary/aromatic N) is 1. The number of amides is 2. The van der Waals surface area contributed by atoms with Crippen LogP contribution in [0, 0.1) is 5.92 Å². The van der Waals surface area contributed by atoms with E-state index in [1.807, 2.05) is 24.3 Å². The van der Waals surface area contributed by atoms with Gasteiger partial charge in [-0.3, -0.25) is 4.79 Å². The van der Waals surface area contributed by atoms with Gasteiger partial charge in [-0.2, -0.15) is 0 Å². The molecule has 5 nitrogen and oxygen atoms in total. The SMILES string of the molecule is CCCCc1ccc(NC(=O)N2CC(C(=O)O)C2)cc1. The Hall–Kier alpha value is -2.04. The first-order valence-corrected chi connectivity index (χ1v) is 6.98. The molecule has 1 aliphatic rings. The molecular formula is C15H20N2O3. The van der Waals surface area contributed by atoms with Crippen molar-refractivity contribution in [1.82, 2.24) is 4.90 Å². The minimum Gasteiger partial charge on any atom is -0.481 e. The van der Waals surface area contributed by atoms with Crippen molar-refractivity contribution in [1.29, 1.82) is 0 Å². The van der Waals surface area contributed by atoms with Gasteiger partial charge in [0, 0.05) is 18.8 Å². The average molecular weight is 276 g/mol. The van der Waals surface area contributed by atoms with Gasteiger partial charge in [0.25, 0.3) is 0 Å². The van der Waals surface area contributed by atoms with Gasteiger partial charge in [-0.05, 0) is 30.5 Å². The van der Waals surface area contributed by atoms with Gasteiger partial charge in [0.05, 0.1) is 5.92 Å². The van der Waals surface area contributed by atoms with E-state index in [1.165, 1.54) is 10.5 Å². The average Bonchev–Trinajstić information content (AvgIpc) is 2.35. The molecule has 1 saturated heterocycles. The first-order valence-electron chi connectivity index (χ1n) is 6.98. The molecule has 0 aromatic heterocycles. The highest BCUT2D eigenvalue weighted by Crippen LogP contribution is 2.18. The molecule has 0 spiro atoms. The van der Waals surface area contributed by atoms with Crippen molar-refractivity contribution >= 4 is 17.7 Å². The van der Waals surface area contributed by atoms with Gasteiger partial charge in [0.1, 0.15) is 0 Å². The van der Waals surface area contributed by atoms with E-state index in [1.54, 1.807) is 0 Å². The minimum atomic E-state index is -0.839. The number of hydrogen-bond acceptors (Lipinski definition) is 2. The second-order valence-corrected chi connectivity index (χ2v) is 5.17. The lowest BCUT2D eigenvalue weighted by atomic mass is 10.0. The van der Waals surface area contributed by atoms with Crippen molar-refractivity contribution in [3.05, 3.63) is 29.8 Å². The molecule has 0 bridgehead atoms. The number of hydrogen-bond donors (Lipinski definition) is 2. The van der Waals surface area contributed by atoms with E-state index in [9.17, 15) is 9.59 Å². The number of carbonyl (C=O) groups excluding carboxylic acids is 1. The lowest BCUT2D eigenvalue weighted by molar-refractivity contribution is -0.145. The molecule has 0 atom stereocenters. The molecule has 0 saturated carbocycles. The van der Waals surface area contributed by atoms with Crippen molar-refractivity contribution in [2.75, 3.05) is 18.4 Å². The predicted molar refractivity (Wildman–Crippen MR) is 76.8 cm³/mol. The van der Waals surface area contributed by atoms with Crippen molar-refractivity contribution < 1.29 is 14.7 Å². The zero-order valence-electron chi connectivity index (χ0n) is 11.6. The maximum absolute atomic E-state index is 11.8. The van der Waals surface area contributed by atoms with E-state index >= 15 is 0 Å². The van der Waals surface area contributed by atoms with Gasteiger partial charge in [0.2, 0.25) is 0 Å². The van der Waals surface area contributed by atoms with E-state index in [0.717, 1.165) is 24.9 Å². The third-order valence-corrected chi connectivity index (χ3v) is 3.54. The van der Waals surface area contributed by atoms with Crippen LogP contribution in [0.4, 0.5) is 10.5 Å². The number of carbonyl (C=O) groups is 2. The van der Waals surface area contributed by atoms with Crippen LogP contribution in [-0.2, 0) is 11.2 Å². The molecule has 0 aliphatic carbocycles. The standard InChI is InChI=1S/C15H20N2O3/c1-2-3-4-11-5-7-13(8-6-11)16-15(20)17-9-12(10-17)14(18)19/h5-8,12H,2-4,9-10H2,1H3,(H,16,20)(H,18,19). The fourth-order valence-corrected chi connectivity index (χ4v) is 2.14. The van der Waals surface area contributed by atoms with Crippen LogP contribution >= 0.6 is 0 Å². The number of urea groups is 1. The molecule has 20 heavy (non-hydrogen) atoms. The van der Waals surface area contributed by atoms with E-state index in [4.69, 9.17) is 5.11 Å². The van der Waals surface area contributed by atoms with Gasteiger partial charge in [-0.25, -0.2) is 4.79 Å². The summed E-state index contributed by atoms with van der Waals surface area (Å²) in [6.45, 7) is 2.73. The van der Waals surface area contributed by atoms with Crippen LogP contribution in [0.5, 0.6) is 0 Å². The number of likely N-dealkylation sites (tertiary alicyclic amines) is 1. The Kier molecular flexibility index (Phi) is 4.61. The lowest BCUT2D eigenvalue weighted by Crippen LogP contribution is -2.54. The van der Waals surface area contributed by atoms with Gasteiger partial charge < -0.3 is 15.3 Å².